The summed E-state index contributed by atoms with van der Waals surface area (Å²) in [6, 6.07) is 14.5. The summed E-state index contributed by atoms with van der Waals surface area (Å²) in [6.07, 6.45) is 9.56. The number of amides is 1. The maximum absolute atomic E-state index is 15.8. The van der Waals surface area contributed by atoms with Crippen LogP contribution in [-0.2, 0) is 0 Å². The first kappa shape index (κ1) is 24.2. The molecule has 206 valence electrons. The van der Waals surface area contributed by atoms with Crippen molar-refractivity contribution >= 4 is 33.5 Å². The summed E-state index contributed by atoms with van der Waals surface area (Å²) in [5.41, 5.74) is 0.605. The largest absolute Gasteiger partial charge is 0.451 e. The number of pyridine rings is 1. The fourth-order valence-corrected chi connectivity index (χ4v) is 5.88. The molecule has 3 aromatic heterocycles. The van der Waals surface area contributed by atoms with Gasteiger partial charge < -0.3 is 23.7 Å². The van der Waals surface area contributed by atoms with E-state index < -0.39 is 17.2 Å². The topological polar surface area (TPSA) is 98.4 Å². The number of imidazole rings is 1. The Morgan fingerprint density at radius 2 is 1.71 bits per heavy atom. The number of aromatic nitrogens is 5. The Hall–Kier alpha value is -5.58. The van der Waals surface area contributed by atoms with Crippen molar-refractivity contribution in [1.82, 2.24) is 29.0 Å². The Morgan fingerprint density at radius 1 is 0.905 bits per heavy atom. The van der Waals surface area contributed by atoms with Gasteiger partial charge in [-0.25, -0.2) is 19.3 Å². The first-order valence-electron chi connectivity index (χ1n) is 13.5. The highest BCUT2D eigenvalue weighted by Crippen LogP contribution is 2.46. The van der Waals surface area contributed by atoms with E-state index in [0.29, 0.717) is 49.1 Å². The number of rotatable bonds is 3. The summed E-state index contributed by atoms with van der Waals surface area (Å²) in [4.78, 5) is 44.2. The maximum Gasteiger partial charge on any atom is 0.259 e. The number of hydrogen-bond donors (Lipinski definition) is 0. The van der Waals surface area contributed by atoms with Crippen LogP contribution in [-0.4, -0.2) is 61.1 Å². The Bertz CT molecular complexity index is 2090. The maximum atomic E-state index is 15.8. The average molecular weight is 560 g/mol. The average Bonchev–Trinajstić information content (AvgIpc) is 3.56. The highest BCUT2D eigenvalue weighted by Gasteiger charge is 2.32. The second-order valence-corrected chi connectivity index (χ2v) is 10.2. The molecule has 0 radical (unpaired) electrons. The normalized spacial score (nSPS) is 14.2. The van der Waals surface area contributed by atoms with Crippen molar-refractivity contribution in [3.8, 4) is 22.9 Å². The molecule has 11 heteroatoms. The molecule has 2 aliphatic heterocycles. The van der Waals surface area contributed by atoms with Crippen LogP contribution in [0, 0.1) is 5.82 Å². The highest BCUT2D eigenvalue weighted by molar-refractivity contribution is 6.03. The van der Waals surface area contributed by atoms with Crippen molar-refractivity contribution in [3.05, 3.63) is 107 Å². The third kappa shape index (κ3) is 3.59. The van der Waals surface area contributed by atoms with E-state index in [1.165, 1.54) is 17.0 Å². The first-order valence-corrected chi connectivity index (χ1v) is 13.5. The van der Waals surface area contributed by atoms with E-state index >= 15 is 4.39 Å². The van der Waals surface area contributed by atoms with Crippen molar-refractivity contribution in [2.75, 3.05) is 31.1 Å². The molecule has 1 amide bonds. The molecule has 6 aromatic rings. The molecule has 5 heterocycles. The van der Waals surface area contributed by atoms with Crippen LogP contribution in [0.3, 0.4) is 0 Å². The molecule has 1 fully saturated rings. The van der Waals surface area contributed by atoms with Crippen molar-refractivity contribution < 1.29 is 13.9 Å². The number of ether oxygens (including phenoxy) is 1. The zero-order valence-corrected chi connectivity index (χ0v) is 22.1. The molecule has 2 aliphatic rings. The van der Waals surface area contributed by atoms with Gasteiger partial charge >= 0.3 is 0 Å². The number of carbonyl (C=O) groups is 1. The Kier molecular flexibility index (Phi) is 5.33. The van der Waals surface area contributed by atoms with Gasteiger partial charge in [0.25, 0.3) is 5.91 Å². The molecule has 0 aliphatic carbocycles. The van der Waals surface area contributed by atoms with Gasteiger partial charge in [0.2, 0.25) is 11.4 Å². The van der Waals surface area contributed by atoms with Crippen molar-refractivity contribution in [3.63, 3.8) is 0 Å². The lowest BCUT2D eigenvalue weighted by Crippen LogP contribution is -2.50. The van der Waals surface area contributed by atoms with E-state index in [-0.39, 0.29) is 22.4 Å². The second kappa shape index (κ2) is 9.23. The van der Waals surface area contributed by atoms with Crippen LogP contribution in [0.2, 0.25) is 0 Å². The number of fused-ring (bicyclic) bond motifs is 4. The Balaban J connectivity index is 1.31. The van der Waals surface area contributed by atoms with Gasteiger partial charge in [0.1, 0.15) is 16.8 Å². The minimum atomic E-state index is -0.663. The summed E-state index contributed by atoms with van der Waals surface area (Å²) in [6.45, 7) is 1.81. The van der Waals surface area contributed by atoms with Crippen molar-refractivity contribution in [2.24, 2.45) is 0 Å². The standard InChI is InChI=1S/C31H22FN7O3/c32-23-16-21-26-29(27(23)38-11-10-33-18-38)42-24-7-6-19-4-1-2-5-20(19)25(24)39(26)17-22(28(21)40)30(41)36-12-14-37(15-13-36)31-34-8-3-9-35-31/h1-11,16-18H,12-15H2. The molecule has 1 saturated heterocycles. The fraction of sp³-hybridized carbons (Fsp3) is 0.129. The quantitative estimate of drug-likeness (QED) is 0.318. The van der Waals surface area contributed by atoms with E-state index in [1.54, 1.807) is 46.5 Å². The van der Waals surface area contributed by atoms with Gasteiger partial charge in [-0.05, 0) is 23.6 Å². The minimum absolute atomic E-state index is 0.0339. The first-order chi connectivity index (χ1) is 20.6. The van der Waals surface area contributed by atoms with Crippen molar-refractivity contribution in [1.29, 1.82) is 0 Å². The molecule has 0 atom stereocenters. The minimum Gasteiger partial charge on any atom is -0.451 e. The predicted octanol–water partition coefficient (Wildman–Crippen LogP) is 4.33. The van der Waals surface area contributed by atoms with E-state index in [4.69, 9.17) is 4.74 Å². The number of carbonyl (C=O) groups excluding carboxylic acids is 1. The second-order valence-electron chi connectivity index (χ2n) is 10.2. The van der Waals surface area contributed by atoms with Gasteiger partial charge in [-0.2, -0.15) is 0 Å². The van der Waals surface area contributed by atoms with E-state index in [9.17, 15) is 9.59 Å². The highest BCUT2D eigenvalue weighted by atomic mass is 19.1. The molecule has 0 spiro atoms. The third-order valence-corrected chi connectivity index (χ3v) is 7.88. The fourth-order valence-electron chi connectivity index (χ4n) is 5.88. The lowest BCUT2D eigenvalue weighted by atomic mass is 10.0. The SMILES string of the molecule is O=C(c1cn2c3c(c(-n4ccnc4)c(F)cc3c1=O)Oc1ccc3ccccc3c1-2)N1CCN(c2ncccn2)CC1. The van der Waals surface area contributed by atoms with E-state index in [1.807, 2.05) is 41.3 Å². The molecule has 8 rings (SSSR count). The van der Waals surface area contributed by atoms with Crippen LogP contribution in [0.1, 0.15) is 10.4 Å². The van der Waals surface area contributed by atoms with Crippen LogP contribution in [0.4, 0.5) is 10.3 Å². The van der Waals surface area contributed by atoms with Gasteiger partial charge in [0.15, 0.2) is 17.3 Å². The molecular weight excluding hydrogens is 537 g/mol. The molecule has 0 saturated carbocycles. The van der Waals surface area contributed by atoms with Crippen LogP contribution < -0.4 is 15.1 Å². The smallest absolute Gasteiger partial charge is 0.259 e. The van der Waals surface area contributed by atoms with Crippen LogP contribution in [0.15, 0.2) is 90.6 Å². The Morgan fingerprint density at radius 3 is 2.50 bits per heavy atom. The van der Waals surface area contributed by atoms with Crippen LogP contribution in [0.5, 0.6) is 11.5 Å². The van der Waals surface area contributed by atoms with Crippen LogP contribution in [0.25, 0.3) is 33.1 Å². The number of piperazine rings is 1. The summed E-state index contributed by atoms with van der Waals surface area (Å²) in [7, 11) is 0. The molecule has 0 N–H and O–H groups in total. The molecule has 3 aromatic carbocycles. The number of halogens is 1. The predicted molar refractivity (Wildman–Crippen MR) is 154 cm³/mol. The summed E-state index contributed by atoms with van der Waals surface area (Å²) < 4.78 is 25.5. The van der Waals surface area contributed by atoms with Crippen LogP contribution >= 0.6 is 0 Å². The summed E-state index contributed by atoms with van der Waals surface area (Å²) >= 11 is 0. The third-order valence-electron chi connectivity index (χ3n) is 7.88. The van der Waals surface area contributed by atoms with Gasteiger partial charge in [-0.15, -0.1) is 0 Å². The number of anilines is 1. The lowest BCUT2D eigenvalue weighted by Gasteiger charge is -2.35. The molecule has 0 bridgehead atoms. The van der Waals surface area contributed by atoms with Gasteiger partial charge in [0.05, 0.1) is 17.4 Å². The molecule has 10 nitrogen and oxygen atoms in total. The zero-order valence-electron chi connectivity index (χ0n) is 22.1. The Labute approximate surface area is 237 Å². The summed E-state index contributed by atoms with van der Waals surface area (Å²) in [5.74, 6) is 0.184. The molecule has 42 heavy (non-hydrogen) atoms. The van der Waals surface area contributed by atoms with Gasteiger partial charge in [-0.3, -0.25) is 9.59 Å². The monoisotopic (exact) mass is 559 g/mol. The number of hydrogen-bond acceptors (Lipinski definition) is 7. The van der Waals surface area contributed by atoms with Gasteiger partial charge in [0, 0.05) is 62.5 Å². The molecule has 0 unspecified atom stereocenters. The van der Waals surface area contributed by atoms with E-state index in [2.05, 4.69) is 15.0 Å². The summed E-state index contributed by atoms with van der Waals surface area (Å²) in [5, 5.41) is 1.89. The van der Waals surface area contributed by atoms with Gasteiger partial charge in [-0.1, -0.05) is 30.3 Å². The van der Waals surface area contributed by atoms with E-state index in [0.717, 1.165) is 10.8 Å². The molecular formula is C31H22FN7O3. The number of benzene rings is 3. The number of nitrogens with zero attached hydrogens (tertiary/aromatic N) is 7. The zero-order chi connectivity index (χ0) is 28.4. The lowest BCUT2D eigenvalue weighted by molar-refractivity contribution is 0.0744. The van der Waals surface area contributed by atoms with Crippen molar-refractivity contribution in [2.45, 2.75) is 0 Å².